The van der Waals surface area contributed by atoms with Crippen molar-refractivity contribution in [1.29, 1.82) is 0 Å². The van der Waals surface area contributed by atoms with Crippen molar-refractivity contribution in [2.45, 2.75) is 124 Å². The van der Waals surface area contributed by atoms with Crippen LogP contribution in [0.5, 0.6) is 5.75 Å². The summed E-state index contributed by atoms with van der Waals surface area (Å²) in [4.78, 5) is 58.3. The van der Waals surface area contributed by atoms with Crippen molar-refractivity contribution in [2.75, 3.05) is 6.54 Å². The molecule has 3 amide bonds. The second kappa shape index (κ2) is 18.6. The second-order valence-electron chi connectivity index (χ2n) is 15.3. The number of ether oxygens (including phenoxy) is 2. The minimum absolute atomic E-state index is 0.0646. The fourth-order valence-electron chi connectivity index (χ4n) is 5.97. The first-order chi connectivity index (χ1) is 24.4. The molecule has 10 heteroatoms. The number of hydrogen-bond donors (Lipinski definition) is 3. The number of rotatable bonds is 15. The summed E-state index contributed by atoms with van der Waals surface area (Å²) in [6.07, 6.45) is 1.72. The number of hydrogen-bond acceptors (Lipinski definition) is 7. The fourth-order valence-corrected chi connectivity index (χ4v) is 5.97. The third-order valence-electron chi connectivity index (χ3n) is 8.32. The van der Waals surface area contributed by atoms with Crippen molar-refractivity contribution in [2.24, 2.45) is 0 Å². The number of nitrogens with zero attached hydrogens (tertiary/aromatic N) is 1. The van der Waals surface area contributed by atoms with Crippen molar-refractivity contribution in [3.8, 4) is 5.75 Å². The zero-order valence-corrected chi connectivity index (χ0v) is 32.2. The molecule has 0 radical (unpaired) electrons. The van der Waals surface area contributed by atoms with E-state index in [1.54, 1.807) is 53.7 Å². The van der Waals surface area contributed by atoms with E-state index in [9.17, 15) is 24.3 Å². The van der Waals surface area contributed by atoms with Gasteiger partial charge in [-0.3, -0.25) is 9.59 Å². The van der Waals surface area contributed by atoms with Crippen LogP contribution < -0.4 is 10.6 Å². The molecule has 3 N–H and O–H groups in total. The highest BCUT2D eigenvalue weighted by Gasteiger charge is 2.39. The molecular weight excluding hydrogens is 658 g/mol. The SMILES string of the molecule is CCCCCN(C(=O)C(Cc1ccc(O)cc1)NC(=O)OC(C)(C)C)C(C(=O)NC(Cc1ccccc1)C(=O)OC(C)(C)C)c1c(C)cccc1C. The van der Waals surface area contributed by atoms with E-state index in [2.05, 4.69) is 17.6 Å². The number of esters is 1. The van der Waals surface area contributed by atoms with E-state index in [4.69, 9.17) is 9.47 Å². The van der Waals surface area contributed by atoms with Gasteiger partial charge >= 0.3 is 12.1 Å². The summed E-state index contributed by atoms with van der Waals surface area (Å²) in [7, 11) is 0. The molecule has 0 fully saturated rings. The number of carbonyl (C=O) groups excluding carboxylic acids is 4. The lowest BCUT2D eigenvalue weighted by Gasteiger charge is -2.36. The second-order valence-corrected chi connectivity index (χ2v) is 15.3. The van der Waals surface area contributed by atoms with Gasteiger partial charge in [0.05, 0.1) is 0 Å². The average molecular weight is 716 g/mol. The molecule has 0 saturated carbocycles. The van der Waals surface area contributed by atoms with E-state index in [1.807, 2.05) is 62.4 Å². The highest BCUT2D eigenvalue weighted by molar-refractivity contribution is 5.94. The van der Waals surface area contributed by atoms with Crippen LogP contribution in [-0.2, 0) is 36.7 Å². The first kappa shape index (κ1) is 41.6. The number of carbonyl (C=O) groups is 4. The minimum atomic E-state index is -1.16. The number of aromatic hydroxyl groups is 1. The van der Waals surface area contributed by atoms with Crippen molar-refractivity contribution in [3.63, 3.8) is 0 Å². The molecule has 0 spiro atoms. The average Bonchev–Trinajstić information content (AvgIpc) is 3.04. The molecule has 282 valence electrons. The Bertz CT molecular complexity index is 1620. The Balaban J connectivity index is 2.17. The van der Waals surface area contributed by atoms with E-state index < -0.39 is 53.2 Å². The van der Waals surface area contributed by atoms with Crippen molar-refractivity contribution < 1.29 is 33.8 Å². The van der Waals surface area contributed by atoms with Gasteiger partial charge in [0.15, 0.2) is 0 Å². The number of alkyl carbamates (subject to hydrolysis) is 1. The Labute approximate surface area is 309 Å². The zero-order chi connectivity index (χ0) is 38.6. The van der Waals surface area contributed by atoms with Crippen LogP contribution in [0.15, 0.2) is 72.8 Å². The van der Waals surface area contributed by atoms with E-state index in [1.165, 1.54) is 17.0 Å². The molecular formula is C42H57N3O7. The summed E-state index contributed by atoms with van der Waals surface area (Å²) in [5.74, 6) is -1.57. The van der Waals surface area contributed by atoms with Gasteiger partial charge in [0.1, 0.15) is 35.1 Å². The van der Waals surface area contributed by atoms with Gasteiger partial charge in [-0.05, 0) is 102 Å². The van der Waals surface area contributed by atoms with Gasteiger partial charge in [-0.25, -0.2) is 9.59 Å². The number of nitrogens with one attached hydrogen (secondary N) is 2. The molecule has 0 aliphatic rings. The predicted molar refractivity (Wildman–Crippen MR) is 203 cm³/mol. The van der Waals surface area contributed by atoms with Crippen LogP contribution in [0.25, 0.3) is 0 Å². The maximum atomic E-state index is 15.0. The number of unbranched alkanes of at least 4 members (excludes halogenated alkanes) is 2. The Morgan fingerprint density at radius 2 is 1.27 bits per heavy atom. The molecule has 0 bridgehead atoms. The monoisotopic (exact) mass is 715 g/mol. The number of benzene rings is 3. The van der Waals surface area contributed by atoms with Crippen LogP contribution in [0.2, 0.25) is 0 Å². The van der Waals surface area contributed by atoms with Crippen molar-refractivity contribution >= 4 is 23.9 Å². The van der Waals surface area contributed by atoms with Gasteiger partial charge in [0.2, 0.25) is 11.8 Å². The van der Waals surface area contributed by atoms with Crippen LogP contribution in [0.3, 0.4) is 0 Å². The number of phenolic OH excluding ortho intramolecular Hbond substituents is 1. The summed E-state index contributed by atoms with van der Waals surface area (Å²) in [5, 5.41) is 15.7. The minimum Gasteiger partial charge on any atom is -0.508 e. The molecule has 3 unspecified atom stereocenters. The number of aryl methyl sites for hydroxylation is 2. The highest BCUT2D eigenvalue weighted by atomic mass is 16.6. The predicted octanol–water partition coefficient (Wildman–Crippen LogP) is 7.27. The van der Waals surface area contributed by atoms with Crippen molar-refractivity contribution in [1.82, 2.24) is 15.5 Å². The van der Waals surface area contributed by atoms with Crippen LogP contribution in [0, 0.1) is 13.8 Å². The molecule has 0 saturated heterocycles. The van der Waals surface area contributed by atoms with Gasteiger partial charge < -0.3 is 30.1 Å². The first-order valence-electron chi connectivity index (χ1n) is 18.1. The summed E-state index contributed by atoms with van der Waals surface area (Å²) in [6.45, 7) is 16.5. The maximum absolute atomic E-state index is 15.0. The smallest absolute Gasteiger partial charge is 0.408 e. The lowest BCUT2D eigenvalue weighted by atomic mass is 9.92. The summed E-state index contributed by atoms with van der Waals surface area (Å²) >= 11 is 0. The molecule has 52 heavy (non-hydrogen) atoms. The van der Waals surface area contributed by atoms with E-state index in [0.29, 0.717) is 17.5 Å². The number of phenols is 1. The summed E-state index contributed by atoms with van der Waals surface area (Å²) < 4.78 is 11.3. The van der Waals surface area contributed by atoms with Crippen LogP contribution >= 0.6 is 0 Å². The van der Waals surface area contributed by atoms with Gasteiger partial charge in [-0.2, -0.15) is 0 Å². The van der Waals surface area contributed by atoms with Gasteiger partial charge in [-0.1, -0.05) is 80.4 Å². The molecule has 10 nitrogen and oxygen atoms in total. The van der Waals surface area contributed by atoms with Crippen LogP contribution in [0.4, 0.5) is 4.79 Å². The fraction of sp³-hybridized carbons (Fsp3) is 0.476. The largest absolute Gasteiger partial charge is 0.508 e. The molecule has 0 heterocycles. The Morgan fingerprint density at radius 1 is 0.712 bits per heavy atom. The topological polar surface area (TPSA) is 134 Å². The van der Waals surface area contributed by atoms with Crippen LogP contribution in [-0.4, -0.2) is 63.7 Å². The van der Waals surface area contributed by atoms with E-state index in [-0.39, 0.29) is 25.1 Å². The third kappa shape index (κ3) is 13.0. The van der Waals surface area contributed by atoms with Gasteiger partial charge in [0, 0.05) is 19.4 Å². The molecule has 3 atom stereocenters. The van der Waals surface area contributed by atoms with E-state index in [0.717, 1.165) is 29.5 Å². The van der Waals surface area contributed by atoms with Gasteiger partial charge in [-0.15, -0.1) is 0 Å². The molecule has 0 aliphatic carbocycles. The van der Waals surface area contributed by atoms with Gasteiger partial charge in [0.25, 0.3) is 0 Å². The lowest BCUT2D eigenvalue weighted by molar-refractivity contribution is -0.159. The van der Waals surface area contributed by atoms with E-state index >= 15 is 0 Å². The zero-order valence-electron chi connectivity index (χ0n) is 32.2. The third-order valence-corrected chi connectivity index (χ3v) is 8.32. The molecule has 3 rings (SSSR count). The maximum Gasteiger partial charge on any atom is 0.408 e. The van der Waals surface area contributed by atoms with Crippen LogP contribution in [0.1, 0.15) is 102 Å². The standard InChI is InChI=1S/C42H57N3O7/c1-10-11-15-25-45(38(48)33(44-40(50)52-42(7,8)9)26-31-21-23-32(46)24-22-31)36(35-28(2)17-16-18-29(35)3)37(47)43-34(39(49)51-41(4,5)6)27-30-19-13-12-14-20-30/h12-14,16-24,33-34,36,46H,10-11,15,25-27H2,1-9H3,(H,43,47)(H,44,50). The quantitative estimate of drug-likeness (QED) is 0.111. The molecule has 0 aromatic heterocycles. The highest BCUT2D eigenvalue weighted by Crippen LogP contribution is 2.30. The van der Waals surface area contributed by atoms with Crippen molar-refractivity contribution in [3.05, 3.63) is 101 Å². The Kier molecular flexibility index (Phi) is 14.8. The Morgan fingerprint density at radius 3 is 1.83 bits per heavy atom. The molecule has 3 aromatic rings. The number of amides is 3. The summed E-state index contributed by atoms with van der Waals surface area (Å²) in [6, 6.07) is 18.1. The molecule has 0 aliphatic heterocycles. The molecule has 3 aromatic carbocycles. The summed E-state index contributed by atoms with van der Waals surface area (Å²) in [5.41, 5.74) is 2.09. The normalized spacial score (nSPS) is 13.3. The lowest BCUT2D eigenvalue weighted by Crippen LogP contribution is -2.56. The Hall–Kier alpha value is -4.86. The first-order valence-corrected chi connectivity index (χ1v) is 18.1.